The van der Waals surface area contributed by atoms with Crippen molar-refractivity contribution in [2.24, 2.45) is 0 Å². The van der Waals surface area contributed by atoms with Gasteiger partial charge in [0.05, 0.1) is 12.4 Å². The molecular weight excluding hydrogens is 254 g/mol. The van der Waals surface area contributed by atoms with E-state index in [-0.39, 0.29) is 11.5 Å². The summed E-state index contributed by atoms with van der Waals surface area (Å²) in [6.07, 6.45) is 2.17. The fraction of sp³-hybridized carbons (Fsp3) is 0.188. The van der Waals surface area contributed by atoms with E-state index in [1.807, 2.05) is 31.2 Å². The van der Waals surface area contributed by atoms with E-state index in [1.165, 1.54) is 12.3 Å². The number of aryl methyl sites for hydroxylation is 1. The van der Waals surface area contributed by atoms with E-state index < -0.39 is 6.10 Å². The SMILES string of the molecule is Cc1ccc(NC(=O)/C(=C/c2ccco2)C(C)O)cc1. The third-order valence-corrected chi connectivity index (χ3v) is 2.86. The minimum atomic E-state index is -0.884. The van der Waals surface area contributed by atoms with Gasteiger partial charge in [-0.3, -0.25) is 4.79 Å². The maximum absolute atomic E-state index is 12.2. The van der Waals surface area contributed by atoms with Crippen LogP contribution in [-0.2, 0) is 4.79 Å². The third kappa shape index (κ3) is 3.59. The van der Waals surface area contributed by atoms with Gasteiger partial charge in [0.25, 0.3) is 5.91 Å². The summed E-state index contributed by atoms with van der Waals surface area (Å²) in [5.74, 6) is 0.181. The molecule has 0 bridgehead atoms. The third-order valence-electron chi connectivity index (χ3n) is 2.86. The lowest BCUT2D eigenvalue weighted by Crippen LogP contribution is -2.21. The number of carbonyl (C=O) groups excluding carboxylic acids is 1. The van der Waals surface area contributed by atoms with Gasteiger partial charge in [0.2, 0.25) is 0 Å². The number of furan rings is 1. The second kappa shape index (κ2) is 6.21. The molecule has 1 aromatic heterocycles. The van der Waals surface area contributed by atoms with Crippen molar-refractivity contribution in [3.05, 3.63) is 59.6 Å². The van der Waals surface area contributed by atoms with E-state index in [9.17, 15) is 9.90 Å². The zero-order chi connectivity index (χ0) is 14.5. The van der Waals surface area contributed by atoms with E-state index in [0.29, 0.717) is 11.4 Å². The van der Waals surface area contributed by atoms with Crippen LogP contribution < -0.4 is 5.32 Å². The molecule has 2 rings (SSSR count). The molecular formula is C16H17NO3. The maximum Gasteiger partial charge on any atom is 0.254 e. The summed E-state index contributed by atoms with van der Waals surface area (Å²) in [6.45, 7) is 3.52. The Morgan fingerprint density at radius 2 is 2.00 bits per heavy atom. The summed E-state index contributed by atoms with van der Waals surface area (Å²) in [6, 6.07) is 10.9. The zero-order valence-corrected chi connectivity index (χ0v) is 11.5. The molecule has 0 saturated heterocycles. The van der Waals surface area contributed by atoms with Crippen molar-refractivity contribution in [3.63, 3.8) is 0 Å². The number of hydrogen-bond donors (Lipinski definition) is 2. The van der Waals surface area contributed by atoms with Crippen molar-refractivity contribution in [3.8, 4) is 0 Å². The molecule has 1 heterocycles. The van der Waals surface area contributed by atoms with Gasteiger partial charge in [-0.15, -0.1) is 0 Å². The Bertz CT molecular complexity index is 595. The highest BCUT2D eigenvalue weighted by Crippen LogP contribution is 2.15. The number of carbonyl (C=O) groups is 1. The summed E-state index contributed by atoms with van der Waals surface area (Å²) in [4.78, 5) is 12.2. The van der Waals surface area contributed by atoms with E-state index in [4.69, 9.17) is 4.42 Å². The molecule has 0 aliphatic heterocycles. The molecule has 0 radical (unpaired) electrons. The minimum absolute atomic E-state index is 0.250. The summed E-state index contributed by atoms with van der Waals surface area (Å²) in [5, 5.41) is 12.5. The van der Waals surface area contributed by atoms with Gasteiger partial charge in [0, 0.05) is 11.3 Å². The number of amides is 1. The van der Waals surface area contributed by atoms with Crippen molar-refractivity contribution in [1.82, 2.24) is 0 Å². The largest absolute Gasteiger partial charge is 0.465 e. The molecule has 104 valence electrons. The lowest BCUT2D eigenvalue weighted by atomic mass is 10.1. The van der Waals surface area contributed by atoms with Crippen molar-refractivity contribution in [1.29, 1.82) is 0 Å². The lowest BCUT2D eigenvalue weighted by Gasteiger charge is -2.11. The van der Waals surface area contributed by atoms with Crippen molar-refractivity contribution in [2.75, 3.05) is 5.32 Å². The molecule has 0 aliphatic rings. The molecule has 1 aromatic carbocycles. The van der Waals surface area contributed by atoms with Crippen LogP contribution in [0.5, 0.6) is 0 Å². The summed E-state index contributed by atoms with van der Waals surface area (Å²) in [5.41, 5.74) is 2.05. The molecule has 1 unspecified atom stereocenters. The fourth-order valence-corrected chi connectivity index (χ4v) is 1.74. The first-order valence-electron chi connectivity index (χ1n) is 6.37. The van der Waals surface area contributed by atoms with Crippen LogP contribution in [0.4, 0.5) is 5.69 Å². The van der Waals surface area contributed by atoms with Gasteiger partial charge in [-0.05, 0) is 44.2 Å². The average Bonchev–Trinajstić information content (AvgIpc) is 2.91. The molecule has 2 aromatic rings. The molecule has 2 N–H and O–H groups in total. The second-order valence-corrected chi connectivity index (χ2v) is 4.61. The first-order valence-corrected chi connectivity index (χ1v) is 6.37. The first kappa shape index (κ1) is 14.1. The average molecular weight is 271 g/mol. The van der Waals surface area contributed by atoms with Crippen molar-refractivity contribution < 1.29 is 14.3 Å². The van der Waals surface area contributed by atoms with Crippen molar-refractivity contribution >= 4 is 17.7 Å². The molecule has 4 heteroatoms. The van der Waals surface area contributed by atoms with Gasteiger partial charge in [0.15, 0.2) is 0 Å². The number of hydrogen-bond acceptors (Lipinski definition) is 3. The van der Waals surface area contributed by atoms with Crippen LogP contribution in [0.1, 0.15) is 18.2 Å². The van der Waals surface area contributed by atoms with Gasteiger partial charge < -0.3 is 14.8 Å². The van der Waals surface area contributed by atoms with Crippen LogP contribution in [0.15, 0.2) is 52.7 Å². The molecule has 0 spiro atoms. The highest BCUT2D eigenvalue weighted by molar-refractivity contribution is 6.07. The van der Waals surface area contributed by atoms with E-state index in [2.05, 4.69) is 5.32 Å². The normalized spacial score (nSPS) is 13.1. The van der Waals surface area contributed by atoms with Gasteiger partial charge in [-0.2, -0.15) is 0 Å². The number of nitrogens with one attached hydrogen (secondary N) is 1. The van der Waals surface area contributed by atoms with Gasteiger partial charge in [-0.25, -0.2) is 0 Å². The molecule has 1 amide bonds. The Labute approximate surface area is 117 Å². The smallest absolute Gasteiger partial charge is 0.254 e. The Balaban J connectivity index is 2.18. The number of benzene rings is 1. The van der Waals surface area contributed by atoms with Gasteiger partial charge in [0.1, 0.15) is 5.76 Å². The number of aliphatic hydroxyl groups is 1. The fourth-order valence-electron chi connectivity index (χ4n) is 1.74. The van der Waals surface area contributed by atoms with E-state index in [1.54, 1.807) is 19.1 Å². The van der Waals surface area contributed by atoms with Crippen LogP contribution >= 0.6 is 0 Å². The van der Waals surface area contributed by atoms with Crippen LogP contribution in [0.2, 0.25) is 0 Å². The minimum Gasteiger partial charge on any atom is -0.465 e. The van der Waals surface area contributed by atoms with E-state index in [0.717, 1.165) is 5.56 Å². The predicted molar refractivity (Wildman–Crippen MR) is 78.2 cm³/mol. The number of anilines is 1. The molecule has 20 heavy (non-hydrogen) atoms. The first-order chi connectivity index (χ1) is 9.56. The summed E-state index contributed by atoms with van der Waals surface area (Å²) in [7, 11) is 0. The highest BCUT2D eigenvalue weighted by Gasteiger charge is 2.15. The van der Waals surface area contributed by atoms with E-state index >= 15 is 0 Å². The number of rotatable bonds is 4. The number of aliphatic hydroxyl groups excluding tert-OH is 1. The molecule has 0 saturated carbocycles. The maximum atomic E-state index is 12.2. The molecule has 0 fully saturated rings. The van der Waals surface area contributed by atoms with Crippen LogP contribution in [0.25, 0.3) is 6.08 Å². The van der Waals surface area contributed by atoms with Crippen LogP contribution in [-0.4, -0.2) is 17.1 Å². The molecule has 4 nitrogen and oxygen atoms in total. The van der Waals surface area contributed by atoms with Gasteiger partial charge in [-0.1, -0.05) is 17.7 Å². The second-order valence-electron chi connectivity index (χ2n) is 4.61. The Morgan fingerprint density at radius 1 is 1.30 bits per heavy atom. The summed E-state index contributed by atoms with van der Waals surface area (Å²) < 4.78 is 5.16. The lowest BCUT2D eigenvalue weighted by molar-refractivity contribution is -0.113. The highest BCUT2D eigenvalue weighted by atomic mass is 16.3. The summed E-state index contributed by atoms with van der Waals surface area (Å²) >= 11 is 0. The van der Waals surface area contributed by atoms with Crippen LogP contribution in [0.3, 0.4) is 0 Å². The quantitative estimate of drug-likeness (QED) is 0.840. The van der Waals surface area contributed by atoms with Crippen LogP contribution in [0, 0.1) is 6.92 Å². The predicted octanol–water partition coefficient (Wildman–Crippen LogP) is 2.99. The Kier molecular flexibility index (Phi) is 4.38. The Hall–Kier alpha value is -2.33. The topological polar surface area (TPSA) is 62.5 Å². The zero-order valence-electron chi connectivity index (χ0n) is 11.5. The monoisotopic (exact) mass is 271 g/mol. The van der Waals surface area contributed by atoms with Gasteiger partial charge >= 0.3 is 0 Å². The molecule has 0 aliphatic carbocycles. The van der Waals surface area contributed by atoms with Crippen molar-refractivity contribution in [2.45, 2.75) is 20.0 Å². The standard InChI is InChI=1S/C16H17NO3/c1-11-5-7-13(8-6-11)17-16(19)15(12(2)18)10-14-4-3-9-20-14/h3-10,12,18H,1-2H3,(H,17,19)/b15-10+. The Morgan fingerprint density at radius 3 is 2.55 bits per heavy atom. The molecule has 1 atom stereocenters.